The minimum Gasteiger partial charge on any atom is -0.469 e. The highest BCUT2D eigenvalue weighted by Crippen LogP contribution is 2.21. The number of carbonyl (C=O) groups excluding carboxylic acids is 1. The largest absolute Gasteiger partial charge is 0.469 e. The van der Waals surface area contributed by atoms with Crippen molar-refractivity contribution < 1.29 is 9.21 Å². The van der Waals surface area contributed by atoms with Gasteiger partial charge in [0.1, 0.15) is 5.76 Å². The van der Waals surface area contributed by atoms with Crippen LogP contribution in [0.3, 0.4) is 0 Å². The van der Waals surface area contributed by atoms with Crippen molar-refractivity contribution in [2.75, 3.05) is 0 Å². The number of aryl methyl sites for hydroxylation is 1. The summed E-state index contributed by atoms with van der Waals surface area (Å²) in [5.41, 5.74) is 6.35. The molecule has 2 heterocycles. The number of hydrogen-bond acceptors (Lipinski definition) is 3. The monoisotopic (exact) mass is 357 g/mol. The molecule has 0 saturated heterocycles. The van der Waals surface area contributed by atoms with Gasteiger partial charge >= 0.3 is 0 Å². The molecule has 2 aromatic carbocycles. The Morgan fingerprint density at radius 1 is 1.11 bits per heavy atom. The number of furan rings is 1. The lowest BCUT2D eigenvalue weighted by molar-refractivity contribution is 0.0953. The molecule has 0 aliphatic heterocycles. The summed E-state index contributed by atoms with van der Waals surface area (Å²) in [6.45, 7) is 2.52. The van der Waals surface area contributed by atoms with Crippen molar-refractivity contribution in [3.63, 3.8) is 0 Å². The van der Waals surface area contributed by atoms with Gasteiger partial charge in [0.05, 0.1) is 18.0 Å². The summed E-state index contributed by atoms with van der Waals surface area (Å²) in [6.07, 6.45) is 5.22. The second-order valence-corrected chi connectivity index (χ2v) is 6.30. The maximum atomic E-state index is 12.1. The van der Waals surface area contributed by atoms with E-state index in [0.29, 0.717) is 11.3 Å². The molecule has 27 heavy (non-hydrogen) atoms. The molecule has 4 aromatic rings. The van der Waals surface area contributed by atoms with E-state index in [0.717, 1.165) is 23.0 Å². The summed E-state index contributed by atoms with van der Waals surface area (Å²) in [6, 6.07) is 20.1. The van der Waals surface area contributed by atoms with Crippen LogP contribution in [-0.2, 0) is 6.54 Å². The minimum atomic E-state index is -0.287. The van der Waals surface area contributed by atoms with E-state index in [1.54, 1.807) is 19.2 Å². The van der Waals surface area contributed by atoms with Crippen LogP contribution in [0.5, 0.6) is 0 Å². The third-order valence-electron chi connectivity index (χ3n) is 4.49. The average Bonchev–Trinajstić information content (AvgIpc) is 3.27. The quantitative estimate of drug-likeness (QED) is 0.426. The molecule has 1 amide bonds. The maximum absolute atomic E-state index is 12.1. The van der Waals surface area contributed by atoms with Crippen LogP contribution in [0.25, 0.3) is 10.9 Å². The van der Waals surface area contributed by atoms with Crippen molar-refractivity contribution in [1.82, 2.24) is 9.99 Å². The van der Waals surface area contributed by atoms with Crippen LogP contribution in [0.2, 0.25) is 0 Å². The zero-order valence-corrected chi connectivity index (χ0v) is 14.9. The lowest BCUT2D eigenvalue weighted by Gasteiger charge is -2.05. The van der Waals surface area contributed by atoms with E-state index in [-0.39, 0.29) is 5.91 Å². The van der Waals surface area contributed by atoms with Gasteiger partial charge in [-0.3, -0.25) is 4.79 Å². The number of nitrogens with zero attached hydrogens (tertiary/aromatic N) is 2. The maximum Gasteiger partial charge on any atom is 0.274 e. The summed E-state index contributed by atoms with van der Waals surface area (Å²) in [5, 5.41) is 5.22. The van der Waals surface area contributed by atoms with Crippen LogP contribution in [0.15, 0.2) is 82.6 Å². The molecule has 0 atom stereocenters. The van der Waals surface area contributed by atoms with E-state index in [1.807, 2.05) is 30.3 Å². The molecule has 1 N–H and O–H groups in total. The number of fused-ring (bicyclic) bond motifs is 1. The Labute approximate surface area is 156 Å². The zero-order valence-electron chi connectivity index (χ0n) is 14.9. The van der Waals surface area contributed by atoms with Gasteiger partial charge in [0, 0.05) is 29.2 Å². The minimum absolute atomic E-state index is 0.287. The number of para-hydroxylation sites is 1. The van der Waals surface area contributed by atoms with Crippen LogP contribution < -0.4 is 5.43 Å². The molecular weight excluding hydrogens is 338 g/mol. The van der Waals surface area contributed by atoms with Crippen LogP contribution in [0.4, 0.5) is 0 Å². The number of hydrogen-bond donors (Lipinski definition) is 1. The number of rotatable bonds is 5. The van der Waals surface area contributed by atoms with Gasteiger partial charge < -0.3 is 8.98 Å². The van der Waals surface area contributed by atoms with Gasteiger partial charge in [0.25, 0.3) is 5.91 Å². The summed E-state index contributed by atoms with van der Waals surface area (Å²) in [5.74, 6) is 0.285. The lowest BCUT2D eigenvalue weighted by Crippen LogP contribution is -2.17. The summed E-state index contributed by atoms with van der Waals surface area (Å²) in [4.78, 5) is 12.1. The fourth-order valence-electron chi connectivity index (χ4n) is 3.13. The summed E-state index contributed by atoms with van der Waals surface area (Å²) < 4.78 is 7.34. The van der Waals surface area contributed by atoms with E-state index in [4.69, 9.17) is 4.42 Å². The predicted octanol–water partition coefficient (Wildman–Crippen LogP) is 4.35. The Morgan fingerprint density at radius 3 is 2.67 bits per heavy atom. The molecule has 5 nitrogen and oxygen atoms in total. The van der Waals surface area contributed by atoms with Crippen molar-refractivity contribution in [2.24, 2.45) is 5.10 Å². The van der Waals surface area contributed by atoms with E-state index in [9.17, 15) is 4.79 Å². The van der Waals surface area contributed by atoms with Crippen LogP contribution in [0.1, 0.15) is 27.2 Å². The van der Waals surface area contributed by atoms with Crippen molar-refractivity contribution >= 4 is 23.0 Å². The van der Waals surface area contributed by atoms with Gasteiger partial charge in [-0.2, -0.15) is 5.10 Å². The zero-order chi connectivity index (χ0) is 18.6. The van der Waals surface area contributed by atoms with Gasteiger partial charge in [-0.15, -0.1) is 0 Å². The summed E-state index contributed by atoms with van der Waals surface area (Å²) >= 11 is 0. The van der Waals surface area contributed by atoms with Crippen LogP contribution in [-0.4, -0.2) is 16.7 Å². The third kappa shape index (κ3) is 3.53. The molecule has 0 radical (unpaired) electrons. The van der Waals surface area contributed by atoms with Crippen LogP contribution >= 0.6 is 0 Å². The Kier molecular flexibility index (Phi) is 4.58. The molecule has 2 aromatic heterocycles. The average molecular weight is 357 g/mol. The molecule has 0 unspecified atom stereocenters. The number of carbonyl (C=O) groups is 1. The van der Waals surface area contributed by atoms with Gasteiger partial charge in [0.2, 0.25) is 0 Å². The molecule has 0 fully saturated rings. The van der Waals surface area contributed by atoms with Crippen molar-refractivity contribution in [1.29, 1.82) is 0 Å². The normalized spacial score (nSPS) is 11.3. The van der Waals surface area contributed by atoms with E-state index >= 15 is 0 Å². The van der Waals surface area contributed by atoms with E-state index in [1.165, 1.54) is 11.8 Å². The highest BCUT2D eigenvalue weighted by atomic mass is 16.3. The molecule has 0 aliphatic rings. The first-order chi connectivity index (χ1) is 13.2. The van der Waals surface area contributed by atoms with Gasteiger partial charge in [-0.1, -0.05) is 48.5 Å². The molecule has 0 bridgehead atoms. The fourth-order valence-corrected chi connectivity index (χ4v) is 3.13. The Balaban J connectivity index is 1.58. The van der Waals surface area contributed by atoms with E-state index < -0.39 is 0 Å². The number of nitrogens with one attached hydrogen (secondary N) is 1. The number of benzene rings is 2. The van der Waals surface area contributed by atoms with Gasteiger partial charge in [0.15, 0.2) is 0 Å². The predicted molar refractivity (Wildman–Crippen MR) is 106 cm³/mol. The topological polar surface area (TPSA) is 59.5 Å². The first-order valence-electron chi connectivity index (χ1n) is 8.71. The molecule has 0 saturated carbocycles. The first kappa shape index (κ1) is 16.8. The Bertz CT molecular complexity index is 1110. The molecule has 4 rings (SSSR count). The standard InChI is InChI=1S/C22H19N3O2/c1-16-19(11-12-27-16)22(26)24-23-13-18-15-25(14-17-7-3-2-4-8-17)21-10-6-5-9-20(18)21/h2-13,15H,14H2,1H3,(H,24,26)/b23-13+. The molecule has 0 aliphatic carbocycles. The van der Waals surface area contributed by atoms with Gasteiger partial charge in [-0.05, 0) is 24.6 Å². The van der Waals surface area contributed by atoms with Crippen molar-refractivity contribution in [3.8, 4) is 0 Å². The smallest absolute Gasteiger partial charge is 0.274 e. The van der Waals surface area contributed by atoms with Crippen molar-refractivity contribution in [2.45, 2.75) is 13.5 Å². The highest BCUT2D eigenvalue weighted by Gasteiger charge is 2.11. The number of hydrazone groups is 1. The van der Waals surface area contributed by atoms with Crippen LogP contribution in [0, 0.1) is 6.92 Å². The molecule has 5 heteroatoms. The fraction of sp³-hybridized carbons (Fsp3) is 0.0909. The first-order valence-corrected chi connectivity index (χ1v) is 8.71. The van der Waals surface area contributed by atoms with E-state index in [2.05, 4.69) is 45.6 Å². The molecule has 0 spiro atoms. The molecular formula is C22H19N3O2. The SMILES string of the molecule is Cc1occc1C(=O)N/N=C/c1cn(Cc2ccccc2)c2ccccc12. The Hall–Kier alpha value is -3.60. The van der Waals surface area contributed by atoms with Crippen molar-refractivity contribution in [3.05, 3.63) is 95.6 Å². The second kappa shape index (κ2) is 7.33. The second-order valence-electron chi connectivity index (χ2n) is 6.30. The number of amides is 1. The highest BCUT2D eigenvalue weighted by molar-refractivity contribution is 6.00. The Morgan fingerprint density at radius 2 is 1.89 bits per heavy atom. The van der Waals surface area contributed by atoms with Gasteiger partial charge in [-0.25, -0.2) is 5.43 Å². The molecule has 134 valence electrons. The summed E-state index contributed by atoms with van der Waals surface area (Å²) in [7, 11) is 0. The third-order valence-corrected chi connectivity index (χ3v) is 4.49. The number of aromatic nitrogens is 1. The lowest BCUT2D eigenvalue weighted by atomic mass is 10.2.